The molecule has 0 amide bonds. The zero-order valence-corrected chi connectivity index (χ0v) is 15.0. The summed E-state index contributed by atoms with van der Waals surface area (Å²) in [6, 6.07) is 18.1. The molecule has 0 saturated heterocycles. The molecule has 0 atom stereocenters. The van der Waals surface area contributed by atoms with Crippen LogP contribution < -0.4 is 0 Å². The van der Waals surface area contributed by atoms with Gasteiger partial charge in [-0.05, 0) is 37.6 Å². The Morgan fingerprint density at radius 3 is 2.60 bits per heavy atom. The van der Waals surface area contributed by atoms with Crippen LogP contribution in [0.5, 0.6) is 0 Å². The minimum atomic E-state index is 0.132. The lowest BCUT2D eigenvalue weighted by atomic mass is 10.1. The first-order chi connectivity index (χ1) is 12.1. The number of hydrogen-bond acceptors (Lipinski definition) is 3. The number of benzene rings is 2. The summed E-state index contributed by atoms with van der Waals surface area (Å²) in [5.74, 6) is 0.514. The summed E-state index contributed by atoms with van der Waals surface area (Å²) in [4.78, 5) is 20.8. The van der Waals surface area contributed by atoms with Crippen LogP contribution in [0.1, 0.15) is 21.6 Å². The summed E-state index contributed by atoms with van der Waals surface area (Å²) < 4.78 is 0. The molecule has 0 radical (unpaired) electrons. The van der Waals surface area contributed by atoms with Gasteiger partial charge in [-0.2, -0.15) is 0 Å². The van der Waals surface area contributed by atoms with Crippen LogP contribution in [0, 0.1) is 13.8 Å². The fourth-order valence-corrected chi connectivity index (χ4v) is 4.09. The van der Waals surface area contributed by atoms with Gasteiger partial charge in [0, 0.05) is 27.5 Å². The Morgan fingerprint density at radius 1 is 1.04 bits per heavy atom. The number of aryl methyl sites for hydroxylation is 2. The highest BCUT2D eigenvalue weighted by molar-refractivity contribution is 7.99. The standard InChI is InChI=1S/C21H18N2OS/c1-13-11-20(23-17-9-5-3-7-15(13)17)25-12-19(24)21-14(2)22-18-10-6-4-8-16(18)21/h3-11,22H,12H2,1-2H3. The van der Waals surface area contributed by atoms with E-state index < -0.39 is 0 Å². The SMILES string of the molecule is Cc1[nH]c2ccccc2c1C(=O)CSc1cc(C)c2ccccc2n1. The number of carbonyl (C=O) groups excluding carboxylic acids is 1. The van der Waals surface area contributed by atoms with Crippen LogP contribution in [0.4, 0.5) is 0 Å². The topological polar surface area (TPSA) is 45.8 Å². The predicted molar refractivity (Wildman–Crippen MR) is 105 cm³/mol. The van der Waals surface area contributed by atoms with Crippen LogP contribution >= 0.6 is 11.8 Å². The van der Waals surface area contributed by atoms with Gasteiger partial charge in [-0.1, -0.05) is 48.2 Å². The number of aromatic amines is 1. The first-order valence-corrected chi connectivity index (χ1v) is 9.22. The van der Waals surface area contributed by atoms with Crippen LogP contribution in [0.3, 0.4) is 0 Å². The largest absolute Gasteiger partial charge is 0.358 e. The Morgan fingerprint density at radius 2 is 1.76 bits per heavy atom. The van der Waals surface area contributed by atoms with E-state index in [4.69, 9.17) is 0 Å². The van der Waals surface area contributed by atoms with Crippen LogP contribution in [0.15, 0.2) is 59.6 Å². The van der Waals surface area contributed by atoms with Crippen molar-refractivity contribution in [3.8, 4) is 0 Å². The highest BCUT2D eigenvalue weighted by Gasteiger charge is 2.16. The first-order valence-electron chi connectivity index (χ1n) is 8.23. The summed E-state index contributed by atoms with van der Waals surface area (Å²) in [5.41, 5.74) is 4.88. The smallest absolute Gasteiger partial charge is 0.175 e. The third-order valence-electron chi connectivity index (χ3n) is 4.42. The van der Waals surface area contributed by atoms with Gasteiger partial charge in [0.05, 0.1) is 16.3 Å². The van der Waals surface area contributed by atoms with Crippen LogP contribution in [-0.2, 0) is 0 Å². The third kappa shape index (κ3) is 2.94. The highest BCUT2D eigenvalue weighted by Crippen LogP contribution is 2.27. The van der Waals surface area contributed by atoms with Gasteiger partial charge in [-0.25, -0.2) is 4.98 Å². The number of carbonyl (C=O) groups is 1. The molecule has 2 aromatic heterocycles. The van der Waals surface area contributed by atoms with Crippen molar-refractivity contribution in [2.24, 2.45) is 0 Å². The second-order valence-corrected chi connectivity index (χ2v) is 7.17. The van der Waals surface area contributed by atoms with E-state index >= 15 is 0 Å². The van der Waals surface area contributed by atoms with E-state index in [0.717, 1.165) is 38.1 Å². The molecule has 2 heterocycles. The monoisotopic (exact) mass is 346 g/mol. The average Bonchev–Trinajstić information content (AvgIpc) is 2.95. The number of nitrogens with zero attached hydrogens (tertiary/aromatic N) is 1. The van der Waals surface area contributed by atoms with Crippen molar-refractivity contribution in [3.05, 3.63) is 71.4 Å². The van der Waals surface area contributed by atoms with Crippen molar-refractivity contribution in [1.29, 1.82) is 0 Å². The number of para-hydroxylation sites is 2. The van der Waals surface area contributed by atoms with E-state index in [1.807, 2.05) is 49.4 Å². The van der Waals surface area contributed by atoms with Crippen LogP contribution in [0.25, 0.3) is 21.8 Å². The van der Waals surface area contributed by atoms with Crippen molar-refractivity contribution in [2.45, 2.75) is 18.9 Å². The maximum absolute atomic E-state index is 12.8. The van der Waals surface area contributed by atoms with Crippen molar-refractivity contribution in [1.82, 2.24) is 9.97 Å². The number of pyridine rings is 1. The second kappa shape index (κ2) is 6.37. The fraction of sp³-hybridized carbons (Fsp3) is 0.143. The number of aromatic nitrogens is 2. The summed E-state index contributed by atoms with van der Waals surface area (Å²) in [6.45, 7) is 4.04. The van der Waals surface area contributed by atoms with Crippen LogP contribution in [0.2, 0.25) is 0 Å². The summed E-state index contributed by atoms with van der Waals surface area (Å²) in [6.07, 6.45) is 0. The molecule has 4 rings (SSSR count). The molecular weight excluding hydrogens is 328 g/mol. The van der Waals surface area contributed by atoms with E-state index in [-0.39, 0.29) is 5.78 Å². The Balaban J connectivity index is 1.60. The Kier molecular flexibility index (Phi) is 4.06. The Labute approximate surface area is 150 Å². The van der Waals surface area contributed by atoms with Crippen molar-refractivity contribution in [2.75, 3.05) is 5.75 Å². The van der Waals surface area contributed by atoms with Gasteiger partial charge in [0.25, 0.3) is 0 Å². The highest BCUT2D eigenvalue weighted by atomic mass is 32.2. The molecule has 0 aliphatic carbocycles. The number of nitrogens with one attached hydrogen (secondary N) is 1. The lowest BCUT2D eigenvalue weighted by molar-refractivity contribution is 0.102. The van der Waals surface area contributed by atoms with Crippen LogP contribution in [-0.4, -0.2) is 21.5 Å². The van der Waals surface area contributed by atoms with Gasteiger partial charge in [-0.15, -0.1) is 0 Å². The van der Waals surface area contributed by atoms with E-state index in [9.17, 15) is 4.79 Å². The quantitative estimate of drug-likeness (QED) is 0.402. The van der Waals surface area contributed by atoms with E-state index in [1.165, 1.54) is 17.3 Å². The zero-order chi connectivity index (χ0) is 17.4. The lowest BCUT2D eigenvalue weighted by Crippen LogP contribution is -2.04. The summed E-state index contributed by atoms with van der Waals surface area (Å²) >= 11 is 1.50. The molecule has 2 aromatic carbocycles. The maximum atomic E-state index is 12.8. The molecule has 1 N–H and O–H groups in total. The summed E-state index contributed by atoms with van der Waals surface area (Å²) in [7, 11) is 0. The molecule has 25 heavy (non-hydrogen) atoms. The van der Waals surface area contributed by atoms with Gasteiger partial charge >= 0.3 is 0 Å². The predicted octanol–water partition coefficient (Wildman–Crippen LogP) is 5.31. The van der Waals surface area contributed by atoms with Gasteiger partial charge in [-0.3, -0.25) is 4.79 Å². The number of thioether (sulfide) groups is 1. The molecule has 0 saturated carbocycles. The number of ketones is 1. The van der Waals surface area contributed by atoms with E-state index in [1.54, 1.807) is 0 Å². The first kappa shape index (κ1) is 15.9. The molecule has 3 nitrogen and oxygen atoms in total. The zero-order valence-electron chi connectivity index (χ0n) is 14.2. The number of H-pyrrole nitrogens is 1. The van der Waals surface area contributed by atoms with E-state index in [0.29, 0.717) is 5.75 Å². The normalized spacial score (nSPS) is 11.3. The molecule has 124 valence electrons. The number of rotatable bonds is 4. The number of fused-ring (bicyclic) bond motifs is 2. The molecule has 0 unspecified atom stereocenters. The molecule has 0 aliphatic heterocycles. The molecule has 4 heteroatoms. The number of hydrogen-bond donors (Lipinski definition) is 1. The maximum Gasteiger partial charge on any atom is 0.175 e. The average molecular weight is 346 g/mol. The minimum Gasteiger partial charge on any atom is -0.358 e. The Bertz CT molecular complexity index is 1100. The number of Topliss-reactive ketones (excluding diaryl/α,β-unsaturated/α-hetero) is 1. The van der Waals surface area contributed by atoms with E-state index in [2.05, 4.69) is 29.0 Å². The van der Waals surface area contributed by atoms with Crippen molar-refractivity contribution < 1.29 is 4.79 Å². The van der Waals surface area contributed by atoms with Gasteiger partial charge < -0.3 is 4.98 Å². The molecule has 0 fully saturated rings. The fourth-order valence-electron chi connectivity index (χ4n) is 3.24. The van der Waals surface area contributed by atoms with Crippen molar-refractivity contribution >= 4 is 39.4 Å². The summed E-state index contributed by atoms with van der Waals surface area (Å²) in [5, 5.41) is 3.04. The molecule has 4 aromatic rings. The van der Waals surface area contributed by atoms with Gasteiger partial charge in [0.15, 0.2) is 5.78 Å². The lowest BCUT2D eigenvalue weighted by Gasteiger charge is -2.06. The molecule has 0 bridgehead atoms. The molecule has 0 aliphatic rings. The molecular formula is C21H18N2OS. The van der Waals surface area contributed by atoms with Gasteiger partial charge in [0.2, 0.25) is 0 Å². The van der Waals surface area contributed by atoms with Crippen molar-refractivity contribution in [3.63, 3.8) is 0 Å². The third-order valence-corrected chi connectivity index (χ3v) is 5.33. The molecule has 0 spiro atoms. The Hall–Kier alpha value is -2.59. The second-order valence-electron chi connectivity index (χ2n) is 6.18. The minimum absolute atomic E-state index is 0.132. The van der Waals surface area contributed by atoms with Gasteiger partial charge in [0.1, 0.15) is 0 Å².